The molecule has 8 aliphatic carbocycles. The Morgan fingerprint density at radius 2 is 0.697 bits per heavy atom. The molecule has 0 atom stereocenters. The summed E-state index contributed by atoms with van der Waals surface area (Å²) in [7, 11) is 0. The second kappa shape index (κ2) is 6.89. The molecule has 2 aromatic carbocycles. The summed E-state index contributed by atoms with van der Waals surface area (Å²) in [5.41, 5.74) is 4.14. The van der Waals surface area contributed by atoms with Gasteiger partial charge in [-0.25, -0.2) is 0 Å². The highest BCUT2D eigenvalue weighted by Gasteiger charge is 2.52. The maximum Gasteiger partial charge on any atom is 0.127 e. The zero-order chi connectivity index (χ0) is 21.6. The Labute approximate surface area is 199 Å². The fraction of sp³-hybridized carbons (Fsp3) is 0.625. The molecule has 172 valence electrons. The monoisotopic (exact) mass is 438 g/mol. The molecule has 0 N–H and O–H groups in total. The van der Waals surface area contributed by atoms with Crippen molar-refractivity contribution in [3.05, 3.63) is 59.7 Å². The van der Waals surface area contributed by atoms with Gasteiger partial charge in [0.25, 0.3) is 0 Å². The molecule has 0 aromatic heterocycles. The number of rotatable bonds is 4. The fourth-order valence-corrected chi connectivity index (χ4v) is 10.8. The van der Waals surface area contributed by atoms with E-state index in [0.29, 0.717) is 10.8 Å². The van der Waals surface area contributed by atoms with Gasteiger partial charge in [0.15, 0.2) is 0 Å². The second-order valence-electron chi connectivity index (χ2n) is 13.5. The summed E-state index contributed by atoms with van der Waals surface area (Å²) in [5.74, 6) is 7.98. The van der Waals surface area contributed by atoms with Gasteiger partial charge in [0, 0.05) is 0 Å². The van der Waals surface area contributed by atoms with E-state index in [1.807, 2.05) is 0 Å². The zero-order valence-corrected chi connectivity index (χ0v) is 20.0. The van der Waals surface area contributed by atoms with Crippen LogP contribution in [0.15, 0.2) is 48.5 Å². The highest BCUT2D eigenvalue weighted by Crippen LogP contribution is 2.62. The molecule has 8 fully saturated rings. The van der Waals surface area contributed by atoms with Gasteiger partial charge >= 0.3 is 0 Å². The van der Waals surface area contributed by atoms with Crippen LogP contribution in [0.1, 0.15) is 88.2 Å². The summed E-state index contributed by atoms with van der Waals surface area (Å²) in [6.45, 7) is 0. The maximum absolute atomic E-state index is 6.33. The van der Waals surface area contributed by atoms with E-state index in [1.54, 1.807) is 11.1 Å². The molecule has 8 bridgehead atoms. The number of hydrogen-bond acceptors (Lipinski definition) is 1. The molecule has 0 radical (unpaired) electrons. The lowest BCUT2D eigenvalue weighted by Crippen LogP contribution is -2.48. The minimum Gasteiger partial charge on any atom is -0.457 e. The Balaban J connectivity index is 0.994. The molecule has 0 spiro atoms. The Morgan fingerprint density at radius 3 is 0.970 bits per heavy atom. The molecule has 0 amide bonds. The van der Waals surface area contributed by atoms with E-state index >= 15 is 0 Å². The van der Waals surface area contributed by atoms with Gasteiger partial charge in [-0.15, -0.1) is 0 Å². The molecule has 1 nitrogen and oxygen atoms in total. The lowest BCUT2D eigenvalue weighted by atomic mass is 9.48. The van der Waals surface area contributed by atoms with E-state index in [4.69, 9.17) is 4.74 Å². The molecular formula is C32H38O. The fourth-order valence-electron chi connectivity index (χ4n) is 10.8. The summed E-state index contributed by atoms with van der Waals surface area (Å²) in [6.07, 6.45) is 17.7. The molecule has 0 heterocycles. The van der Waals surface area contributed by atoms with Gasteiger partial charge in [-0.2, -0.15) is 0 Å². The number of hydrogen-bond donors (Lipinski definition) is 0. The van der Waals surface area contributed by atoms with Gasteiger partial charge < -0.3 is 4.74 Å². The van der Waals surface area contributed by atoms with Crippen LogP contribution in [0.3, 0.4) is 0 Å². The standard InChI is InChI=1S/C32H38O/c1-5-29(6-2-27(1)31-15-21-9-22(16-31)11-23(10-21)17-31)33-30-7-3-28(4-8-30)32-18-24-12-25(19-32)14-26(13-24)20-32/h1-8,21-26H,9-20H2. The van der Waals surface area contributed by atoms with Crippen LogP contribution in [-0.2, 0) is 10.8 Å². The average Bonchev–Trinajstić information content (AvgIpc) is 2.78. The van der Waals surface area contributed by atoms with Crippen molar-refractivity contribution in [2.45, 2.75) is 87.9 Å². The first-order chi connectivity index (χ1) is 16.1. The van der Waals surface area contributed by atoms with Crippen LogP contribution in [0.2, 0.25) is 0 Å². The van der Waals surface area contributed by atoms with Crippen LogP contribution in [0.25, 0.3) is 0 Å². The Morgan fingerprint density at radius 1 is 0.424 bits per heavy atom. The lowest BCUT2D eigenvalue weighted by Gasteiger charge is -2.57. The minimum atomic E-state index is 0.479. The lowest BCUT2D eigenvalue weighted by molar-refractivity contribution is -0.00530. The van der Waals surface area contributed by atoms with Gasteiger partial charge in [-0.3, -0.25) is 0 Å². The van der Waals surface area contributed by atoms with Crippen molar-refractivity contribution >= 4 is 0 Å². The van der Waals surface area contributed by atoms with Crippen molar-refractivity contribution in [3.8, 4) is 11.5 Å². The van der Waals surface area contributed by atoms with E-state index in [-0.39, 0.29) is 0 Å². The molecule has 0 saturated heterocycles. The molecule has 8 aliphatic rings. The molecule has 1 heteroatoms. The Kier molecular flexibility index (Phi) is 4.08. The van der Waals surface area contributed by atoms with Crippen molar-refractivity contribution < 1.29 is 4.74 Å². The summed E-state index contributed by atoms with van der Waals surface area (Å²) < 4.78 is 6.33. The second-order valence-corrected chi connectivity index (χ2v) is 13.5. The van der Waals surface area contributed by atoms with E-state index < -0.39 is 0 Å². The largest absolute Gasteiger partial charge is 0.457 e. The first-order valence-corrected chi connectivity index (χ1v) is 14.0. The van der Waals surface area contributed by atoms with Crippen LogP contribution in [0.5, 0.6) is 11.5 Å². The van der Waals surface area contributed by atoms with Crippen molar-refractivity contribution in [1.82, 2.24) is 0 Å². The normalized spacial score (nSPS) is 44.4. The van der Waals surface area contributed by atoms with E-state index in [9.17, 15) is 0 Å². The third-order valence-corrected chi connectivity index (χ3v) is 11.2. The molecule has 8 saturated carbocycles. The minimum absolute atomic E-state index is 0.479. The van der Waals surface area contributed by atoms with Crippen LogP contribution in [0, 0.1) is 35.5 Å². The van der Waals surface area contributed by atoms with E-state index in [2.05, 4.69) is 48.5 Å². The molecular weight excluding hydrogens is 400 g/mol. The smallest absolute Gasteiger partial charge is 0.127 e. The molecule has 0 aliphatic heterocycles. The Hall–Kier alpha value is -1.76. The van der Waals surface area contributed by atoms with E-state index in [1.165, 1.54) is 77.0 Å². The van der Waals surface area contributed by atoms with Crippen LogP contribution in [0.4, 0.5) is 0 Å². The summed E-state index contributed by atoms with van der Waals surface area (Å²) >= 11 is 0. The highest BCUT2D eigenvalue weighted by molar-refractivity contribution is 5.39. The zero-order valence-electron chi connectivity index (χ0n) is 20.0. The SMILES string of the molecule is c1cc(C23CC4CC(CC(C4)C2)C3)ccc1Oc1ccc(C23CC4CC(CC(C4)C2)C3)cc1. The predicted octanol–water partition coefficient (Wildman–Crippen LogP) is 8.41. The summed E-state index contributed by atoms with van der Waals surface area (Å²) in [6, 6.07) is 18.5. The van der Waals surface area contributed by atoms with Crippen molar-refractivity contribution in [2.24, 2.45) is 35.5 Å². The third-order valence-electron chi connectivity index (χ3n) is 11.2. The summed E-state index contributed by atoms with van der Waals surface area (Å²) in [4.78, 5) is 0. The number of ether oxygens (including phenoxy) is 1. The molecule has 33 heavy (non-hydrogen) atoms. The summed E-state index contributed by atoms with van der Waals surface area (Å²) in [5, 5.41) is 0. The van der Waals surface area contributed by atoms with Crippen molar-refractivity contribution in [3.63, 3.8) is 0 Å². The molecule has 10 rings (SSSR count). The Bertz CT molecular complexity index is 889. The van der Waals surface area contributed by atoms with Gasteiger partial charge in [0.2, 0.25) is 0 Å². The average molecular weight is 439 g/mol. The van der Waals surface area contributed by atoms with Crippen LogP contribution in [-0.4, -0.2) is 0 Å². The van der Waals surface area contributed by atoms with Gasteiger partial charge in [-0.05, 0) is 159 Å². The van der Waals surface area contributed by atoms with Gasteiger partial charge in [-0.1, -0.05) is 24.3 Å². The first-order valence-electron chi connectivity index (χ1n) is 14.0. The first kappa shape index (κ1) is 19.5. The maximum atomic E-state index is 6.33. The topological polar surface area (TPSA) is 9.23 Å². The molecule has 2 aromatic rings. The van der Waals surface area contributed by atoms with Crippen molar-refractivity contribution in [1.29, 1.82) is 0 Å². The van der Waals surface area contributed by atoms with E-state index in [0.717, 1.165) is 47.0 Å². The number of benzene rings is 2. The highest BCUT2D eigenvalue weighted by atomic mass is 16.5. The van der Waals surface area contributed by atoms with Crippen molar-refractivity contribution in [2.75, 3.05) is 0 Å². The van der Waals surface area contributed by atoms with Crippen LogP contribution >= 0.6 is 0 Å². The van der Waals surface area contributed by atoms with Gasteiger partial charge in [0.05, 0.1) is 0 Å². The van der Waals surface area contributed by atoms with Gasteiger partial charge in [0.1, 0.15) is 11.5 Å². The quantitative estimate of drug-likeness (QED) is 0.465. The third kappa shape index (κ3) is 3.10. The van der Waals surface area contributed by atoms with Crippen LogP contribution < -0.4 is 4.74 Å². The molecule has 0 unspecified atom stereocenters. The predicted molar refractivity (Wildman–Crippen MR) is 133 cm³/mol.